The molecule has 0 bridgehead atoms. The van der Waals surface area contributed by atoms with E-state index < -0.39 is 0 Å². The number of halogens is 2. The van der Waals surface area contributed by atoms with Gasteiger partial charge in [0, 0.05) is 10.0 Å². The summed E-state index contributed by atoms with van der Waals surface area (Å²) in [5, 5.41) is 0. The number of rotatable bonds is 1. The third kappa shape index (κ3) is 2.04. The first-order valence-corrected chi connectivity index (χ1v) is 6.28. The summed E-state index contributed by atoms with van der Waals surface area (Å²) in [7, 11) is 0. The molecule has 0 saturated heterocycles. The van der Waals surface area contributed by atoms with Crippen LogP contribution in [0.5, 0.6) is 0 Å². The summed E-state index contributed by atoms with van der Waals surface area (Å²) in [6.07, 6.45) is 0. The Bertz CT molecular complexity index is 468. The van der Waals surface area contributed by atoms with Crippen molar-refractivity contribution < 1.29 is 0 Å². The largest absolute Gasteiger partial charge is 0.208 e. The Morgan fingerprint density at radius 1 is 1.29 bits per heavy atom. The summed E-state index contributed by atoms with van der Waals surface area (Å²) in [5.74, 6) is 0.758. The number of benzene rings is 1. The molecule has 0 N–H and O–H groups in total. The van der Waals surface area contributed by atoms with Gasteiger partial charge in [-0.25, -0.2) is 4.98 Å². The molecule has 2 rings (SSSR count). The maximum Gasteiger partial charge on any atom is 0.179 e. The van der Waals surface area contributed by atoms with E-state index in [1.807, 2.05) is 6.07 Å². The molecule has 14 heavy (non-hydrogen) atoms. The second-order valence-corrected chi connectivity index (χ2v) is 5.74. The maximum atomic E-state index is 4.27. The predicted molar refractivity (Wildman–Crippen MR) is 65.5 cm³/mol. The van der Waals surface area contributed by atoms with Crippen molar-refractivity contribution in [3.05, 3.63) is 32.2 Å². The van der Waals surface area contributed by atoms with Gasteiger partial charge in [0.15, 0.2) is 9.74 Å². The van der Waals surface area contributed by atoms with Crippen LogP contribution in [0, 0.1) is 6.92 Å². The predicted octanol–water partition coefficient (Wildman–Crippen LogP) is 4.04. The molecule has 1 heterocycles. The normalized spacial score (nSPS) is 10.5. The Balaban J connectivity index is 2.52. The molecule has 1 aromatic heterocycles. The molecule has 2 aromatic rings. The lowest BCUT2D eigenvalue weighted by Gasteiger charge is -2.00. The number of aryl methyl sites for hydroxylation is 1. The highest BCUT2D eigenvalue weighted by Gasteiger charge is 2.08. The fourth-order valence-electron chi connectivity index (χ4n) is 1.12. The number of hydrogen-bond acceptors (Lipinski definition) is 3. The van der Waals surface area contributed by atoms with Gasteiger partial charge in [0.1, 0.15) is 0 Å². The minimum Gasteiger partial charge on any atom is -0.208 e. The van der Waals surface area contributed by atoms with Gasteiger partial charge in [0.25, 0.3) is 0 Å². The topological polar surface area (TPSA) is 25.8 Å². The van der Waals surface area contributed by atoms with Crippen LogP contribution in [0.4, 0.5) is 0 Å². The summed E-state index contributed by atoms with van der Waals surface area (Å²) < 4.78 is 6.07. The molecule has 0 aliphatic rings. The van der Waals surface area contributed by atoms with Gasteiger partial charge in [-0.15, -0.1) is 0 Å². The highest BCUT2D eigenvalue weighted by atomic mass is 79.9. The van der Waals surface area contributed by atoms with E-state index >= 15 is 0 Å². The molecule has 0 aliphatic heterocycles. The lowest BCUT2D eigenvalue weighted by molar-refractivity contribution is 1.29. The fraction of sp³-hybridized carbons (Fsp3) is 0.111. The molecule has 0 fully saturated rings. The van der Waals surface area contributed by atoms with Crippen LogP contribution < -0.4 is 0 Å². The first-order chi connectivity index (χ1) is 6.66. The first kappa shape index (κ1) is 10.3. The van der Waals surface area contributed by atoms with Crippen LogP contribution in [0.1, 0.15) is 5.56 Å². The Kier molecular flexibility index (Phi) is 2.99. The van der Waals surface area contributed by atoms with Crippen molar-refractivity contribution in [2.45, 2.75) is 6.92 Å². The molecular formula is C9H6Br2N2S. The molecule has 0 atom stereocenters. The standard InChI is InChI=1S/C9H6Br2N2S/c1-5-2-3-6(7(10)4-5)8-12-9(11)14-13-8/h2-4H,1H3. The fourth-order valence-corrected chi connectivity index (χ4v) is 2.60. The van der Waals surface area contributed by atoms with Gasteiger partial charge in [-0.05, 0) is 52.1 Å². The quantitative estimate of drug-likeness (QED) is 0.787. The molecule has 72 valence electrons. The summed E-state index contributed by atoms with van der Waals surface area (Å²) in [6.45, 7) is 2.05. The van der Waals surface area contributed by atoms with E-state index in [9.17, 15) is 0 Å². The van der Waals surface area contributed by atoms with E-state index in [0.717, 1.165) is 19.8 Å². The molecule has 0 unspecified atom stereocenters. The third-order valence-corrected chi connectivity index (χ3v) is 3.54. The van der Waals surface area contributed by atoms with Gasteiger partial charge >= 0.3 is 0 Å². The SMILES string of the molecule is Cc1ccc(-c2nsc(Br)n2)c(Br)c1. The maximum absolute atomic E-state index is 4.27. The van der Waals surface area contributed by atoms with Crippen molar-refractivity contribution in [2.75, 3.05) is 0 Å². The van der Waals surface area contributed by atoms with E-state index in [0.29, 0.717) is 0 Å². The van der Waals surface area contributed by atoms with Gasteiger partial charge in [-0.2, -0.15) is 4.37 Å². The van der Waals surface area contributed by atoms with Crippen LogP contribution in [-0.4, -0.2) is 9.36 Å². The zero-order valence-corrected chi connectivity index (χ0v) is 11.3. The van der Waals surface area contributed by atoms with Crippen molar-refractivity contribution >= 4 is 43.4 Å². The van der Waals surface area contributed by atoms with Gasteiger partial charge in [-0.3, -0.25) is 0 Å². The summed E-state index contributed by atoms with van der Waals surface area (Å²) in [4.78, 5) is 4.27. The number of hydrogen-bond donors (Lipinski definition) is 0. The van der Waals surface area contributed by atoms with E-state index in [2.05, 4.69) is 60.3 Å². The first-order valence-electron chi connectivity index (χ1n) is 3.92. The molecule has 2 nitrogen and oxygen atoms in total. The molecule has 0 radical (unpaired) electrons. The van der Waals surface area contributed by atoms with E-state index in [-0.39, 0.29) is 0 Å². The highest BCUT2D eigenvalue weighted by molar-refractivity contribution is 9.11. The molecular weight excluding hydrogens is 328 g/mol. The Hall–Kier alpha value is -0.260. The molecule has 0 saturated carbocycles. The van der Waals surface area contributed by atoms with Crippen molar-refractivity contribution in [1.82, 2.24) is 9.36 Å². The second-order valence-electron chi connectivity index (χ2n) is 2.85. The van der Waals surface area contributed by atoms with Crippen LogP contribution >= 0.6 is 43.4 Å². The zero-order valence-electron chi connectivity index (χ0n) is 7.29. The van der Waals surface area contributed by atoms with Crippen molar-refractivity contribution in [1.29, 1.82) is 0 Å². The summed E-state index contributed by atoms with van der Waals surface area (Å²) in [6, 6.07) is 6.13. The smallest absolute Gasteiger partial charge is 0.179 e. The molecule has 5 heteroatoms. The molecule has 0 aliphatic carbocycles. The van der Waals surface area contributed by atoms with E-state index in [1.165, 1.54) is 17.1 Å². The number of nitrogens with zero attached hydrogens (tertiary/aromatic N) is 2. The van der Waals surface area contributed by atoms with Crippen LogP contribution in [-0.2, 0) is 0 Å². The van der Waals surface area contributed by atoms with E-state index in [4.69, 9.17) is 0 Å². The van der Waals surface area contributed by atoms with Crippen LogP contribution in [0.15, 0.2) is 26.6 Å². The lowest BCUT2D eigenvalue weighted by atomic mass is 10.1. The van der Waals surface area contributed by atoms with Crippen molar-refractivity contribution in [3.63, 3.8) is 0 Å². The van der Waals surface area contributed by atoms with Crippen LogP contribution in [0.25, 0.3) is 11.4 Å². The van der Waals surface area contributed by atoms with Gasteiger partial charge < -0.3 is 0 Å². The molecule has 0 spiro atoms. The Morgan fingerprint density at radius 3 is 2.64 bits per heavy atom. The summed E-state index contributed by atoms with van der Waals surface area (Å²) in [5.41, 5.74) is 2.24. The minimum atomic E-state index is 0.758. The van der Waals surface area contributed by atoms with Crippen LogP contribution in [0.3, 0.4) is 0 Å². The van der Waals surface area contributed by atoms with E-state index in [1.54, 1.807) is 0 Å². The van der Waals surface area contributed by atoms with Gasteiger partial charge in [0.2, 0.25) is 0 Å². The Labute approximate surface area is 103 Å². The summed E-state index contributed by atoms with van der Waals surface area (Å²) >= 11 is 8.15. The third-order valence-electron chi connectivity index (χ3n) is 1.77. The van der Waals surface area contributed by atoms with Gasteiger partial charge in [0.05, 0.1) is 0 Å². The highest BCUT2D eigenvalue weighted by Crippen LogP contribution is 2.28. The molecule has 1 aromatic carbocycles. The molecule has 0 amide bonds. The Morgan fingerprint density at radius 2 is 2.07 bits per heavy atom. The van der Waals surface area contributed by atoms with Crippen molar-refractivity contribution in [2.24, 2.45) is 0 Å². The van der Waals surface area contributed by atoms with Gasteiger partial charge in [-0.1, -0.05) is 22.0 Å². The zero-order chi connectivity index (χ0) is 10.1. The average Bonchev–Trinajstić information content (AvgIpc) is 2.51. The minimum absolute atomic E-state index is 0.758. The monoisotopic (exact) mass is 332 g/mol. The second kappa shape index (κ2) is 4.08. The average molecular weight is 334 g/mol. The van der Waals surface area contributed by atoms with Crippen LogP contribution in [0.2, 0.25) is 0 Å². The van der Waals surface area contributed by atoms with Crippen molar-refractivity contribution in [3.8, 4) is 11.4 Å². The lowest BCUT2D eigenvalue weighted by Crippen LogP contribution is -1.83. The number of aromatic nitrogens is 2.